The summed E-state index contributed by atoms with van der Waals surface area (Å²) in [4.78, 5) is 12.0. The van der Waals surface area contributed by atoms with E-state index in [0.29, 0.717) is 6.42 Å². The molecule has 17 heavy (non-hydrogen) atoms. The zero-order chi connectivity index (χ0) is 12.3. The van der Waals surface area contributed by atoms with Crippen molar-refractivity contribution in [1.29, 1.82) is 0 Å². The summed E-state index contributed by atoms with van der Waals surface area (Å²) in [7, 11) is 0. The van der Waals surface area contributed by atoms with Gasteiger partial charge in [0.05, 0.1) is 6.10 Å². The molecular formula is C14H19NO2. The number of benzene rings is 1. The SMILES string of the molecule is Cc1ccccc1C(=O)N[C@H]1CCC[C@@H](O)C1. The molecule has 0 aliphatic heterocycles. The molecule has 2 rings (SSSR count). The normalized spacial score (nSPS) is 24.4. The Balaban J connectivity index is 1.99. The Hall–Kier alpha value is -1.35. The molecule has 2 N–H and O–H groups in total. The molecule has 1 aliphatic carbocycles. The first-order valence-corrected chi connectivity index (χ1v) is 6.21. The molecule has 3 heteroatoms. The molecule has 3 nitrogen and oxygen atoms in total. The molecular weight excluding hydrogens is 214 g/mol. The maximum Gasteiger partial charge on any atom is 0.251 e. The second-order valence-electron chi connectivity index (χ2n) is 4.81. The maximum atomic E-state index is 12.0. The number of nitrogens with one attached hydrogen (secondary N) is 1. The summed E-state index contributed by atoms with van der Waals surface area (Å²) in [5.41, 5.74) is 1.72. The van der Waals surface area contributed by atoms with Gasteiger partial charge < -0.3 is 10.4 Å². The minimum absolute atomic E-state index is 0.0257. The van der Waals surface area contributed by atoms with Crippen molar-refractivity contribution in [2.75, 3.05) is 0 Å². The molecule has 0 heterocycles. The fourth-order valence-corrected chi connectivity index (χ4v) is 2.39. The molecule has 1 aromatic rings. The third-order valence-electron chi connectivity index (χ3n) is 3.37. The van der Waals surface area contributed by atoms with Crippen LogP contribution in [0.1, 0.15) is 41.6 Å². The van der Waals surface area contributed by atoms with E-state index in [9.17, 15) is 9.90 Å². The van der Waals surface area contributed by atoms with Crippen molar-refractivity contribution < 1.29 is 9.90 Å². The van der Waals surface area contributed by atoms with Crippen molar-refractivity contribution in [3.63, 3.8) is 0 Å². The number of hydrogen-bond donors (Lipinski definition) is 2. The zero-order valence-corrected chi connectivity index (χ0v) is 10.1. The van der Waals surface area contributed by atoms with Gasteiger partial charge in [0.1, 0.15) is 0 Å². The summed E-state index contributed by atoms with van der Waals surface area (Å²) in [6.07, 6.45) is 3.23. The van der Waals surface area contributed by atoms with Gasteiger partial charge in [0.15, 0.2) is 0 Å². The van der Waals surface area contributed by atoms with Crippen molar-refractivity contribution in [2.45, 2.75) is 44.8 Å². The van der Waals surface area contributed by atoms with Gasteiger partial charge in [0.25, 0.3) is 5.91 Å². The predicted molar refractivity (Wildman–Crippen MR) is 66.9 cm³/mol. The average molecular weight is 233 g/mol. The molecule has 0 saturated heterocycles. The first-order valence-electron chi connectivity index (χ1n) is 6.21. The zero-order valence-electron chi connectivity index (χ0n) is 10.1. The van der Waals surface area contributed by atoms with E-state index in [1.54, 1.807) is 0 Å². The van der Waals surface area contributed by atoms with Crippen LogP contribution >= 0.6 is 0 Å². The van der Waals surface area contributed by atoms with Gasteiger partial charge in [-0.15, -0.1) is 0 Å². The van der Waals surface area contributed by atoms with Crippen molar-refractivity contribution in [3.05, 3.63) is 35.4 Å². The van der Waals surface area contributed by atoms with Crippen LogP contribution in [-0.2, 0) is 0 Å². The highest BCUT2D eigenvalue weighted by Gasteiger charge is 2.22. The lowest BCUT2D eigenvalue weighted by molar-refractivity contribution is 0.0849. The van der Waals surface area contributed by atoms with Gasteiger partial charge in [0, 0.05) is 11.6 Å². The lowest BCUT2D eigenvalue weighted by atomic mass is 9.92. The van der Waals surface area contributed by atoms with E-state index in [1.807, 2.05) is 31.2 Å². The van der Waals surface area contributed by atoms with Crippen LogP contribution in [-0.4, -0.2) is 23.2 Å². The van der Waals surface area contributed by atoms with Crippen LogP contribution in [0.15, 0.2) is 24.3 Å². The van der Waals surface area contributed by atoms with Crippen LogP contribution in [0.5, 0.6) is 0 Å². The minimum Gasteiger partial charge on any atom is -0.393 e. The number of carbonyl (C=O) groups is 1. The maximum absolute atomic E-state index is 12.0. The monoisotopic (exact) mass is 233 g/mol. The number of rotatable bonds is 2. The van der Waals surface area contributed by atoms with E-state index in [2.05, 4.69) is 5.32 Å². The minimum atomic E-state index is -0.258. The summed E-state index contributed by atoms with van der Waals surface area (Å²) >= 11 is 0. The topological polar surface area (TPSA) is 49.3 Å². The van der Waals surface area contributed by atoms with Crippen molar-refractivity contribution in [3.8, 4) is 0 Å². The van der Waals surface area contributed by atoms with E-state index in [-0.39, 0.29) is 18.1 Å². The second-order valence-corrected chi connectivity index (χ2v) is 4.81. The van der Waals surface area contributed by atoms with Gasteiger partial charge in [-0.3, -0.25) is 4.79 Å². The van der Waals surface area contributed by atoms with Crippen molar-refractivity contribution in [1.82, 2.24) is 5.32 Å². The van der Waals surface area contributed by atoms with Crippen LogP contribution < -0.4 is 5.32 Å². The molecule has 0 aromatic heterocycles. The van der Waals surface area contributed by atoms with Crippen LogP contribution in [0.3, 0.4) is 0 Å². The summed E-state index contributed by atoms with van der Waals surface area (Å²) in [6, 6.07) is 7.69. The van der Waals surface area contributed by atoms with Gasteiger partial charge in [-0.2, -0.15) is 0 Å². The number of amides is 1. The fourth-order valence-electron chi connectivity index (χ4n) is 2.39. The molecule has 1 amide bonds. The molecule has 0 unspecified atom stereocenters. The summed E-state index contributed by atoms with van der Waals surface area (Å²) < 4.78 is 0. The number of aryl methyl sites for hydroxylation is 1. The van der Waals surface area contributed by atoms with E-state index in [1.165, 1.54) is 0 Å². The Morgan fingerprint density at radius 2 is 2.12 bits per heavy atom. The van der Waals surface area contributed by atoms with E-state index in [0.717, 1.165) is 30.4 Å². The van der Waals surface area contributed by atoms with Crippen LogP contribution in [0.25, 0.3) is 0 Å². The highest BCUT2D eigenvalue weighted by atomic mass is 16.3. The number of aliphatic hydroxyl groups excluding tert-OH is 1. The molecule has 2 atom stereocenters. The van der Waals surface area contributed by atoms with E-state index >= 15 is 0 Å². The molecule has 1 aliphatic rings. The van der Waals surface area contributed by atoms with Gasteiger partial charge >= 0.3 is 0 Å². The lowest BCUT2D eigenvalue weighted by Gasteiger charge is -2.26. The van der Waals surface area contributed by atoms with Crippen molar-refractivity contribution in [2.24, 2.45) is 0 Å². The van der Waals surface area contributed by atoms with Crippen LogP contribution in [0.2, 0.25) is 0 Å². The van der Waals surface area contributed by atoms with E-state index in [4.69, 9.17) is 0 Å². The number of aliphatic hydroxyl groups is 1. The van der Waals surface area contributed by atoms with Gasteiger partial charge in [-0.1, -0.05) is 18.2 Å². The fraction of sp³-hybridized carbons (Fsp3) is 0.500. The standard InChI is InChI=1S/C14H19NO2/c1-10-5-2-3-8-13(10)14(17)15-11-6-4-7-12(16)9-11/h2-3,5,8,11-12,16H,4,6-7,9H2,1H3,(H,15,17)/t11-,12+/m0/s1. The first-order chi connectivity index (χ1) is 8.16. The third kappa shape index (κ3) is 3.07. The quantitative estimate of drug-likeness (QED) is 0.821. The third-order valence-corrected chi connectivity index (χ3v) is 3.37. The Labute approximate surface area is 102 Å². The highest BCUT2D eigenvalue weighted by Crippen LogP contribution is 2.19. The summed E-state index contributed by atoms with van der Waals surface area (Å²) in [5, 5.41) is 12.6. The lowest BCUT2D eigenvalue weighted by Crippen LogP contribution is -2.39. The Kier molecular flexibility index (Phi) is 3.79. The smallest absolute Gasteiger partial charge is 0.251 e. The van der Waals surface area contributed by atoms with Gasteiger partial charge in [-0.25, -0.2) is 0 Å². The van der Waals surface area contributed by atoms with E-state index < -0.39 is 0 Å². The molecule has 92 valence electrons. The Bertz CT molecular complexity index is 403. The van der Waals surface area contributed by atoms with Gasteiger partial charge in [-0.05, 0) is 44.2 Å². The number of carbonyl (C=O) groups excluding carboxylic acids is 1. The van der Waals surface area contributed by atoms with Crippen molar-refractivity contribution >= 4 is 5.91 Å². The first kappa shape index (κ1) is 12.1. The Morgan fingerprint density at radius 1 is 1.35 bits per heavy atom. The largest absolute Gasteiger partial charge is 0.393 e. The molecule has 0 spiro atoms. The molecule has 0 bridgehead atoms. The Morgan fingerprint density at radius 3 is 2.82 bits per heavy atom. The molecule has 1 saturated carbocycles. The van der Waals surface area contributed by atoms with Crippen LogP contribution in [0.4, 0.5) is 0 Å². The highest BCUT2D eigenvalue weighted by molar-refractivity contribution is 5.95. The number of hydrogen-bond acceptors (Lipinski definition) is 2. The summed E-state index contributed by atoms with van der Waals surface area (Å²) in [6.45, 7) is 1.94. The molecule has 1 aromatic carbocycles. The molecule has 0 radical (unpaired) electrons. The van der Waals surface area contributed by atoms with Gasteiger partial charge in [0.2, 0.25) is 0 Å². The summed E-state index contributed by atoms with van der Waals surface area (Å²) in [5.74, 6) is -0.0257. The second kappa shape index (κ2) is 5.32. The molecule has 1 fully saturated rings. The van der Waals surface area contributed by atoms with Crippen LogP contribution in [0, 0.1) is 6.92 Å². The average Bonchev–Trinajstić information content (AvgIpc) is 2.29. The predicted octanol–water partition coefficient (Wildman–Crippen LogP) is 2.03.